The maximum absolute atomic E-state index is 12.9. The number of dihydropyridines is 1. The van der Waals surface area contributed by atoms with Gasteiger partial charge in [0.15, 0.2) is 0 Å². The first-order chi connectivity index (χ1) is 14.8. The van der Waals surface area contributed by atoms with Crippen LogP contribution in [0, 0.1) is 0 Å². The number of nitrogens with one attached hydrogen (secondary N) is 1. The number of carbonyl (C=O) groups excluding carboxylic acids is 2. The molecule has 31 heavy (non-hydrogen) atoms. The maximum Gasteiger partial charge on any atom is 0.338 e. The number of ether oxygens (including phenoxy) is 1. The van der Waals surface area contributed by atoms with E-state index < -0.39 is 5.60 Å². The van der Waals surface area contributed by atoms with Crippen molar-refractivity contribution < 1.29 is 14.3 Å². The predicted molar refractivity (Wildman–Crippen MR) is 122 cm³/mol. The highest BCUT2D eigenvalue weighted by Gasteiger charge is 2.28. The molecule has 1 N–H and O–H groups in total. The molecule has 0 saturated carbocycles. The molecule has 1 amide bonds. The van der Waals surface area contributed by atoms with Crippen molar-refractivity contribution in [2.24, 2.45) is 0 Å². The Labute approximate surface area is 184 Å². The number of amides is 1. The van der Waals surface area contributed by atoms with Gasteiger partial charge in [-0.1, -0.05) is 0 Å². The van der Waals surface area contributed by atoms with Crippen LogP contribution >= 0.6 is 0 Å². The predicted octanol–water partition coefficient (Wildman–Crippen LogP) is 4.00. The number of esters is 1. The molecule has 1 aromatic rings. The first-order valence-electron chi connectivity index (χ1n) is 11.4. The number of hydrogen-bond acceptors (Lipinski definition) is 5. The van der Waals surface area contributed by atoms with E-state index in [9.17, 15) is 9.59 Å². The molecule has 166 valence electrons. The number of likely N-dealkylation sites (tertiary alicyclic amines) is 1. The Hall–Kier alpha value is -2.76. The second-order valence-corrected chi connectivity index (χ2v) is 9.55. The molecule has 0 bridgehead atoms. The van der Waals surface area contributed by atoms with Gasteiger partial charge in [-0.15, -0.1) is 0 Å². The van der Waals surface area contributed by atoms with Crippen LogP contribution in [0.1, 0.15) is 63.2 Å². The summed E-state index contributed by atoms with van der Waals surface area (Å²) in [6.07, 6.45) is 7.52. The normalized spacial score (nSPS) is 19.4. The minimum absolute atomic E-state index is 0.178. The van der Waals surface area contributed by atoms with Crippen LogP contribution in [0.3, 0.4) is 0 Å². The molecule has 0 spiro atoms. The van der Waals surface area contributed by atoms with Gasteiger partial charge in [-0.05, 0) is 88.8 Å². The third kappa shape index (κ3) is 4.94. The smallest absolute Gasteiger partial charge is 0.338 e. The van der Waals surface area contributed by atoms with E-state index in [-0.39, 0.29) is 11.9 Å². The Morgan fingerprint density at radius 1 is 0.968 bits per heavy atom. The highest BCUT2D eigenvalue weighted by molar-refractivity contribution is 5.95. The highest BCUT2D eigenvalue weighted by atomic mass is 16.6. The van der Waals surface area contributed by atoms with Gasteiger partial charge >= 0.3 is 5.97 Å². The average Bonchev–Trinajstić information content (AvgIpc) is 2.77. The molecule has 0 aliphatic carbocycles. The maximum atomic E-state index is 12.9. The lowest BCUT2D eigenvalue weighted by Gasteiger charge is -2.37. The van der Waals surface area contributed by atoms with E-state index in [0.29, 0.717) is 12.1 Å². The highest BCUT2D eigenvalue weighted by Crippen LogP contribution is 2.31. The molecule has 1 saturated heterocycles. The topological polar surface area (TPSA) is 61.9 Å². The number of anilines is 1. The number of allylic oxidation sites excluding steroid dienone is 2. The van der Waals surface area contributed by atoms with Crippen LogP contribution in [0.2, 0.25) is 0 Å². The molecular formula is C25H33N3O3. The van der Waals surface area contributed by atoms with Crippen LogP contribution < -0.4 is 10.2 Å². The zero-order valence-corrected chi connectivity index (χ0v) is 18.9. The fourth-order valence-corrected chi connectivity index (χ4v) is 4.43. The van der Waals surface area contributed by atoms with Gasteiger partial charge in [0.2, 0.25) is 0 Å². The molecule has 3 aliphatic rings. The van der Waals surface area contributed by atoms with E-state index in [2.05, 4.69) is 16.3 Å². The Morgan fingerprint density at radius 3 is 2.35 bits per heavy atom. The van der Waals surface area contributed by atoms with Gasteiger partial charge in [0.25, 0.3) is 5.91 Å². The molecule has 6 nitrogen and oxygen atoms in total. The third-order valence-electron chi connectivity index (χ3n) is 5.93. The minimum Gasteiger partial charge on any atom is -0.456 e. The van der Waals surface area contributed by atoms with E-state index in [0.717, 1.165) is 62.4 Å². The van der Waals surface area contributed by atoms with Crippen LogP contribution in [0.15, 0.2) is 47.3 Å². The van der Waals surface area contributed by atoms with Crippen LogP contribution in [0.5, 0.6) is 0 Å². The second kappa shape index (κ2) is 8.77. The molecule has 1 aromatic carbocycles. The fraction of sp³-hybridized carbons (Fsp3) is 0.520. The van der Waals surface area contributed by atoms with Crippen molar-refractivity contribution >= 4 is 17.6 Å². The number of nitrogens with zero attached hydrogens (tertiary/aromatic N) is 2. The molecular weight excluding hydrogens is 390 g/mol. The van der Waals surface area contributed by atoms with Crippen LogP contribution in [-0.4, -0.2) is 48.6 Å². The third-order valence-corrected chi connectivity index (χ3v) is 5.93. The van der Waals surface area contributed by atoms with Crippen molar-refractivity contribution in [2.75, 3.05) is 31.1 Å². The summed E-state index contributed by atoms with van der Waals surface area (Å²) in [5, 5.41) is 3.51. The number of piperidine rings is 1. The quantitative estimate of drug-likeness (QED) is 0.745. The molecule has 0 atom stereocenters. The van der Waals surface area contributed by atoms with Crippen molar-refractivity contribution in [1.82, 2.24) is 10.2 Å². The average molecular weight is 424 g/mol. The molecule has 0 aromatic heterocycles. The summed E-state index contributed by atoms with van der Waals surface area (Å²) < 4.78 is 5.46. The molecule has 3 aliphatic heterocycles. The van der Waals surface area contributed by atoms with Crippen LogP contribution in [0.4, 0.5) is 5.69 Å². The van der Waals surface area contributed by atoms with Crippen molar-refractivity contribution in [1.29, 1.82) is 0 Å². The lowest BCUT2D eigenvalue weighted by atomic mass is 9.97. The SMILES string of the molecule is CC(C)(C)OC(=O)c1ccc(N2CCCC3=C2NCC(C(=O)N2CCCCC2)=C3)cc1. The molecule has 4 rings (SSSR count). The van der Waals surface area contributed by atoms with Crippen molar-refractivity contribution in [3.05, 3.63) is 52.9 Å². The summed E-state index contributed by atoms with van der Waals surface area (Å²) in [4.78, 5) is 29.5. The zero-order valence-electron chi connectivity index (χ0n) is 18.9. The lowest BCUT2D eigenvalue weighted by molar-refractivity contribution is -0.128. The van der Waals surface area contributed by atoms with E-state index in [1.807, 2.05) is 49.9 Å². The van der Waals surface area contributed by atoms with Gasteiger partial charge in [0, 0.05) is 37.4 Å². The second-order valence-electron chi connectivity index (χ2n) is 9.55. The summed E-state index contributed by atoms with van der Waals surface area (Å²) in [7, 11) is 0. The molecule has 1 fully saturated rings. The van der Waals surface area contributed by atoms with E-state index in [1.54, 1.807) is 0 Å². The first-order valence-corrected chi connectivity index (χ1v) is 11.4. The summed E-state index contributed by atoms with van der Waals surface area (Å²) in [5.74, 6) is 0.946. The number of hydrogen-bond donors (Lipinski definition) is 1. The van der Waals surface area contributed by atoms with E-state index in [1.165, 1.54) is 12.0 Å². The summed E-state index contributed by atoms with van der Waals surface area (Å²) >= 11 is 0. The molecule has 0 radical (unpaired) electrons. The minimum atomic E-state index is -0.510. The zero-order chi connectivity index (χ0) is 22.0. The Morgan fingerprint density at radius 2 is 1.68 bits per heavy atom. The first kappa shape index (κ1) is 21.5. The molecule has 0 unspecified atom stereocenters. The number of benzene rings is 1. The fourth-order valence-electron chi connectivity index (χ4n) is 4.43. The Balaban J connectivity index is 1.51. The summed E-state index contributed by atoms with van der Waals surface area (Å²) in [5.41, 5.74) is 3.13. The van der Waals surface area contributed by atoms with Gasteiger partial charge in [-0.2, -0.15) is 0 Å². The van der Waals surface area contributed by atoms with E-state index >= 15 is 0 Å². The van der Waals surface area contributed by atoms with Crippen molar-refractivity contribution in [3.63, 3.8) is 0 Å². The van der Waals surface area contributed by atoms with Gasteiger partial charge in [-0.3, -0.25) is 4.79 Å². The number of rotatable bonds is 3. The van der Waals surface area contributed by atoms with Gasteiger partial charge < -0.3 is 19.9 Å². The van der Waals surface area contributed by atoms with Crippen LogP contribution in [0.25, 0.3) is 0 Å². The molecule has 6 heteroatoms. The van der Waals surface area contributed by atoms with Crippen molar-refractivity contribution in [2.45, 2.75) is 58.5 Å². The largest absolute Gasteiger partial charge is 0.456 e. The summed E-state index contributed by atoms with van der Waals surface area (Å²) in [6.45, 7) is 8.81. The Bertz CT molecular complexity index is 903. The van der Waals surface area contributed by atoms with Gasteiger partial charge in [-0.25, -0.2) is 4.79 Å². The Kier molecular flexibility index (Phi) is 6.08. The van der Waals surface area contributed by atoms with Gasteiger partial charge in [0.1, 0.15) is 11.4 Å². The van der Waals surface area contributed by atoms with Crippen molar-refractivity contribution in [3.8, 4) is 0 Å². The van der Waals surface area contributed by atoms with Gasteiger partial charge in [0.05, 0.1) is 5.56 Å². The van der Waals surface area contributed by atoms with Crippen LogP contribution in [-0.2, 0) is 9.53 Å². The van der Waals surface area contributed by atoms with E-state index in [4.69, 9.17) is 4.74 Å². The summed E-state index contributed by atoms with van der Waals surface area (Å²) in [6, 6.07) is 7.58. The number of carbonyl (C=O) groups is 2. The standard InChI is InChI=1S/C25H33N3O3/c1-25(2,3)31-24(30)18-9-11-21(12-10-18)28-15-7-8-19-16-20(17-26-22(19)28)23(29)27-13-5-4-6-14-27/h9-12,16,26H,4-8,13-15,17H2,1-3H3. The molecule has 3 heterocycles. The lowest BCUT2D eigenvalue weighted by Crippen LogP contribution is -2.43. The monoisotopic (exact) mass is 423 g/mol.